The molecular formula is C9H16O4. The molecule has 0 aromatic carbocycles. The number of hydrogen-bond donors (Lipinski definition) is 1. The van der Waals surface area contributed by atoms with Crippen molar-refractivity contribution < 1.29 is 19.3 Å². The van der Waals surface area contributed by atoms with Crippen LogP contribution in [0.2, 0.25) is 0 Å². The van der Waals surface area contributed by atoms with Crippen molar-refractivity contribution in [3.05, 3.63) is 0 Å². The predicted molar refractivity (Wildman–Crippen MR) is 45.5 cm³/mol. The fraction of sp³-hybridized carbons (Fsp3) is 1.00. The Balaban J connectivity index is 1.87. The molecule has 2 rings (SSSR count). The van der Waals surface area contributed by atoms with Gasteiger partial charge in [-0.25, -0.2) is 0 Å². The zero-order valence-electron chi connectivity index (χ0n) is 7.81. The largest absolute Gasteiger partial charge is 0.394 e. The molecule has 0 aromatic rings. The van der Waals surface area contributed by atoms with Gasteiger partial charge in [0.1, 0.15) is 12.2 Å². The van der Waals surface area contributed by atoms with E-state index in [0.717, 1.165) is 6.61 Å². The molecular weight excluding hydrogens is 172 g/mol. The lowest BCUT2D eigenvalue weighted by molar-refractivity contribution is -0.0416. The molecule has 0 saturated carbocycles. The molecule has 4 nitrogen and oxygen atoms in total. The molecule has 0 amide bonds. The number of aliphatic hydroxyl groups excluding tert-OH is 1. The number of ether oxygens (including phenoxy) is 3. The topological polar surface area (TPSA) is 47.9 Å². The minimum absolute atomic E-state index is 0.0158. The second kappa shape index (κ2) is 3.92. The van der Waals surface area contributed by atoms with Gasteiger partial charge >= 0.3 is 0 Å². The quantitative estimate of drug-likeness (QED) is 0.666. The molecule has 1 N–H and O–H groups in total. The first kappa shape index (κ1) is 9.40. The van der Waals surface area contributed by atoms with Crippen molar-refractivity contribution in [3.63, 3.8) is 0 Å². The van der Waals surface area contributed by atoms with Crippen molar-refractivity contribution in [2.24, 2.45) is 5.92 Å². The van der Waals surface area contributed by atoms with E-state index in [9.17, 15) is 0 Å². The summed E-state index contributed by atoms with van der Waals surface area (Å²) in [5.74, 6) is 0.465. The minimum atomic E-state index is 0.0158. The molecule has 2 heterocycles. The highest BCUT2D eigenvalue weighted by molar-refractivity contribution is 4.93. The van der Waals surface area contributed by atoms with Crippen molar-refractivity contribution in [2.75, 3.05) is 26.4 Å². The maximum Gasteiger partial charge on any atom is 0.112 e. The van der Waals surface area contributed by atoms with Gasteiger partial charge in [-0.3, -0.25) is 0 Å². The molecule has 2 fully saturated rings. The Morgan fingerprint density at radius 3 is 2.85 bits per heavy atom. The third-order valence-electron chi connectivity index (χ3n) is 2.68. The second-order valence-electron chi connectivity index (χ2n) is 3.71. The average molecular weight is 188 g/mol. The van der Waals surface area contributed by atoms with E-state index >= 15 is 0 Å². The zero-order valence-corrected chi connectivity index (χ0v) is 7.81. The van der Waals surface area contributed by atoms with Crippen LogP contribution in [0.4, 0.5) is 0 Å². The van der Waals surface area contributed by atoms with Crippen molar-refractivity contribution >= 4 is 0 Å². The van der Waals surface area contributed by atoms with Gasteiger partial charge in [-0.15, -0.1) is 0 Å². The summed E-state index contributed by atoms with van der Waals surface area (Å²) >= 11 is 0. The van der Waals surface area contributed by atoms with Gasteiger partial charge in [-0.05, 0) is 0 Å². The summed E-state index contributed by atoms with van der Waals surface area (Å²) in [7, 11) is 0. The van der Waals surface area contributed by atoms with Crippen LogP contribution in [0.15, 0.2) is 0 Å². The molecule has 4 atom stereocenters. The lowest BCUT2D eigenvalue weighted by atomic mass is 10.0. The Morgan fingerprint density at radius 1 is 1.31 bits per heavy atom. The van der Waals surface area contributed by atoms with E-state index in [1.54, 1.807) is 0 Å². The van der Waals surface area contributed by atoms with Gasteiger partial charge in [0.25, 0.3) is 0 Å². The summed E-state index contributed by atoms with van der Waals surface area (Å²) in [4.78, 5) is 0. The molecule has 0 unspecified atom stereocenters. The van der Waals surface area contributed by atoms with Crippen LogP contribution in [0.5, 0.6) is 0 Å². The normalized spacial score (nSPS) is 43.8. The van der Waals surface area contributed by atoms with Crippen LogP contribution in [0.3, 0.4) is 0 Å². The monoisotopic (exact) mass is 188 g/mol. The van der Waals surface area contributed by atoms with Crippen LogP contribution in [0.25, 0.3) is 0 Å². The molecule has 0 radical (unpaired) electrons. The molecule has 0 aliphatic carbocycles. The van der Waals surface area contributed by atoms with Gasteiger partial charge in [0.05, 0.1) is 32.5 Å². The van der Waals surface area contributed by atoms with Gasteiger partial charge in [-0.1, -0.05) is 6.92 Å². The van der Waals surface area contributed by atoms with E-state index in [0.29, 0.717) is 19.1 Å². The van der Waals surface area contributed by atoms with Gasteiger partial charge in [0, 0.05) is 5.92 Å². The van der Waals surface area contributed by atoms with Crippen LogP contribution in [-0.2, 0) is 14.2 Å². The molecule has 76 valence electrons. The summed E-state index contributed by atoms with van der Waals surface area (Å²) in [6, 6.07) is 0. The number of aliphatic hydroxyl groups is 1. The number of rotatable bonds is 3. The smallest absolute Gasteiger partial charge is 0.112 e. The van der Waals surface area contributed by atoms with Crippen LogP contribution in [-0.4, -0.2) is 49.8 Å². The highest BCUT2D eigenvalue weighted by Crippen LogP contribution is 2.31. The zero-order chi connectivity index (χ0) is 9.26. The van der Waals surface area contributed by atoms with Crippen LogP contribution < -0.4 is 0 Å². The first-order valence-electron chi connectivity index (χ1n) is 4.78. The van der Waals surface area contributed by atoms with Gasteiger partial charge < -0.3 is 19.3 Å². The van der Waals surface area contributed by atoms with Crippen LogP contribution in [0.1, 0.15) is 6.92 Å². The molecule has 13 heavy (non-hydrogen) atoms. The molecule has 2 aliphatic heterocycles. The summed E-state index contributed by atoms with van der Waals surface area (Å²) in [5, 5.41) is 8.61. The first-order valence-corrected chi connectivity index (χ1v) is 4.78. The first-order chi connectivity index (χ1) is 6.33. The lowest BCUT2D eigenvalue weighted by Gasteiger charge is -2.15. The van der Waals surface area contributed by atoms with Crippen molar-refractivity contribution in [2.45, 2.75) is 25.2 Å². The minimum Gasteiger partial charge on any atom is -0.394 e. The van der Waals surface area contributed by atoms with E-state index in [-0.39, 0.29) is 24.9 Å². The van der Waals surface area contributed by atoms with E-state index in [1.807, 2.05) is 0 Å². The third kappa shape index (κ3) is 1.72. The number of fused-ring (bicyclic) bond motifs is 1. The van der Waals surface area contributed by atoms with E-state index in [1.165, 1.54) is 0 Å². The molecule has 2 saturated heterocycles. The molecule has 0 aromatic heterocycles. The molecule has 0 spiro atoms. The van der Waals surface area contributed by atoms with Gasteiger partial charge in [0.15, 0.2) is 0 Å². The SMILES string of the molecule is C[C@@H]1CO[C@H]2[C@@H]1OC[C@@H]2OCCO. The summed E-state index contributed by atoms with van der Waals surface area (Å²) in [6.07, 6.45) is 0.298. The summed E-state index contributed by atoms with van der Waals surface area (Å²) < 4.78 is 16.5. The van der Waals surface area contributed by atoms with E-state index < -0.39 is 0 Å². The molecule has 0 bridgehead atoms. The summed E-state index contributed by atoms with van der Waals surface area (Å²) in [5.41, 5.74) is 0. The predicted octanol–water partition coefficient (Wildman–Crippen LogP) is -0.202. The van der Waals surface area contributed by atoms with Gasteiger partial charge in [0.2, 0.25) is 0 Å². The number of hydrogen-bond acceptors (Lipinski definition) is 4. The highest BCUT2D eigenvalue weighted by atomic mass is 16.6. The van der Waals surface area contributed by atoms with Gasteiger partial charge in [-0.2, -0.15) is 0 Å². The van der Waals surface area contributed by atoms with Crippen molar-refractivity contribution in [1.29, 1.82) is 0 Å². The Bertz CT molecular complexity index is 173. The maximum atomic E-state index is 8.61. The lowest BCUT2D eigenvalue weighted by Crippen LogP contribution is -2.31. The fourth-order valence-electron chi connectivity index (χ4n) is 2.00. The van der Waals surface area contributed by atoms with E-state index in [4.69, 9.17) is 19.3 Å². The summed E-state index contributed by atoms with van der Waals surface area (Å²) in [6.45, 7) is 3.91. The van der Waals surface area contributed by atoms with Crippen molar-refractivity contribution in [3.8, 4) is 0 Å². The third-order valence-corrected chi connectivity index (χ3v) is 2.68. The molecule has 2 aliphatic rings. The fourth-order valence-corrected chi connectivity index (χ4v) is 2.00. The maximum absolute atomic E-state index is 8.61. The van der Waals surface area contributed by atoms with Crippen LogP contribution >= 0.6 is 0 Å². The Kier molecular flexibility index (Phi) is 2.83. The van der Waals surface area contributed by atoms with Crippen LogP contribution in [0, 0.1) is 5.92 Å². The molecule has 4 heteroatoms. The second-order valence-corrected chi connectivity index (χ2v) is 3.71. The highest BCUT2D eigenvalue weighted by Gasteiger charge is 2.46. The Hall–Kier alpha value is -0.160. The average Bonchev–Trinajstić information content (AvgIpc) is 2.67. The van der Waals surface area contributed by atoms with Crippen molar-refractivity contribution in [1.82, 2.24) is 0 Å². The Labute approximate surface area is 77.8 Å². The van der Waals surface area contributed by atoms with E-state index in [2.05, 4.69) is 6.92 Å². The Morgan fingerprint density at radius 2 is 2.08 bits per heavy atom. The standard InChI is InChI=1S/C9H16O4/c1-6-4-12-9-7(11-3-2-10)5-13-8(6)9/h6-10H,2-5H2,1H3/t6-,7+,8-,9-/m1/s1.